The number of para-hydroxylation sites is 2. The lowest BCUT2D eigenvalue weighted by Crippen LogP contribution is -2.24. The fourth-order valence-corrected chi connectivity index (χ4v) is 6.17. The van der Waals surface area contributed by atoms with Gasteiger partial charge in [0, 0.05) is 35.0 Å². The van der Waals surface area contributed by atoms with Crippen LogP contribution in [-0.2, 0) is 25.9 Å². The smallest absolute Gasteiger partial charge is 0.252 e. The number of nitrogens with zero attached hydrogens (tertiary/aromatic N) is 2. The first-order valence-electron chi connectivity index (χ1n) is 17.1. The van der Waals surface area contributed by atoms with Gasteiger partial charge in [-0.1, -0.05) is 123 Å². The molecule has 0 aliphatic carbocycles. The lowest BCUT2D eigenvalue weighted by Gasteiger charge is -2.12. The topological polar surface area (TPSA) is 84.0 Å². The van der Waals surface area contributed by atoms with Crippen molar-refractivity contribution in [2.75, 3.05) is 0 Å². The molecule has 6 nitrogen and oxygen atoms in total. The van der Waals surface area contributed by atoms with E-state index >= 15 is 0 Å². The zero-order valence-corrected chi connectivity index (χ0v) is 28.2. The number of hydrogen-bond donors (Lipinski definition) is 2. The van der Waals surface area contributed by atoms with Crippen molar-refractivity contribution in [1.29, 1.82) is 0 Å². The molecule has 2 heterocycles. The maximum atomic E-state index is 13.5. The Kier molecular flexibility index (Phi) is 9.43. The van der Waals surface area contributed by atoms with E-state index in [4.69, 9.17) is 9.97 Å². The van der Waals surface area contributed by atoms with Gasteiger partial charge < -0.3 is 10.6 Å². The van der Waals surface area contributed by atoms with E-state index < -0.39 is 0 Å². The molecule has 0 bridgehead atoms. The number of carbonyl (C=O) groups excluding carboxylic acids is 2. The molecule has 0 saturated heterocycles. The third-order valence-corrected chi connectivity index (χ3v) is 9.17. The molecule has 0 fully saturated rings. The summed E-state index contributed by atoms with van der Waals surface area (Å²) in [6, 6.07) is 43.8. The molecule has 0 aliphatic heterocycles. The summed E-state index contributed by atoms with van der Waals surface area (Å²) in [5.41, 5.74) is 10.7. The van der Waals surface area contributed by atoms with Crippen LogP contribution in [0.25, 0.3) is 44.3 Å². The molecular weight excluding hydrogens is 617 g/mol. The number of nitrogens with one attached hydrogen (secondary N) is 2. The minimum absolute atomic E-state index is 0.156. The number of fused-ring (bicyclic) bond motifs is 2. The van der Waals surface area contributed by atoms with Crippen LogP contribution in [0.3, 0.4) is 0 Å². The van der Waals surface area contributed by atoms with E-state index in [2.05, 4.69) is 73.0 Å². The summed E-state index contributed by atoms with van der Waals surface area (Å²) in [6.07, 6.45) is 1.93. The lowest BCUT2D eigenvalue weighted by atomic mass is 10.0. The van der Waals surface area contributed by atoms with E-state index in [1.165, 1.54) is 11.1 Å². The van der Waals surface area contributed by atoms with Gasteiger partial charge >= 0.3 is 0 Å². The Labute approximate surface area is 292 Å². The van der Waals surface area contributed by atoms with Gasteiger partial charge in [-0.3, -0.25) is 9.59 Å². The largest absolute Gasteiger partial charge is 0.348 e. The van der Waals surface area contributed by atoms with Gasteiger partial charge in [0.2, 0.25) is 0 Å². The third kappa shape index (κ3) is 7.01. The number of benzene rings is 5. The maximum absolute atomic E-state index is 13.5. The highest BCUT2D eigenvalue weighted by molar-refractivity contribution is 6.08. The second-order valence-electron chi connectivity index (χ2n) is 12.4. The van der Waals surface area contributed by atoms with E-state index in [9.17, 15) is 9.59 Å². The number of hydrogen-bond acceptors (Lipinski definition) is 4. The summed E-state index contributed by atoms with van der Waals surface area (Å²) < 4.78 is 0. The van der Waals surface area contributed by atoms with Crippen molar-refractivity contribution in [3.05, 3.63) is 167 Å². The minimum Gasteiger partial charge on any atom is -0.348 e. The molecule has 5 aromatic carbocycles. The van der Waals surface area contributed by atoms with Gasteiger partial charge in [-0.15, -0.1) is 0 Å². The minimum atomic E-state index is -0.156. The Balaban J connectivity index is 1.03. The SMILES string of the molecule is CCc1ccc(-c2cc(C(=O)NCc3ccc(CNC(=O)c4cc(-c5ccc(CC)cc5)nc5ccccc45)cc3)c3ccccc3n2)cc1. The van der Waals surface area contributed by atoms with Gasteiger partial charge in [0.25, 0.3) is 11.8 Å². The van der Waals surface area contributed by atoms with E-state index in [0.717, 1.165) is 68.3 Å². The predicted octanol–water partition coefficient (Wildman–Crippen LogP) is 9.10. The van der Waals surface area contributed by atoms with E-state index in [1.807, 2.05) is 84.9 Å². The monoisotopic (exact) mass is 654 g/mol. The van der Waals surface area contributed by atoms with Crippen LogP contribution in [0.1, 0.15) is 56.8 Å². The first kappa shape index (κ1) is 32.4. The quantitative estimate of drug-likeness (QED) is 0.154. The molecule has 0 spiro atoms. The van der Waals surface area contributed by atoms with E-state index in [0.29, 0.717) is 24.2 Å². The predicted molar refractivity (Wildman–Crippen MR) is 202 cm³/mol. The summed E-state index contributed by atoms with van der Waals surface area (Å²) >= 11 is 0. The van der Waals surface area contributed by atoms with Crippen LogP contribution in [0.5, 0.6) is 0 Å². The Bertz CT molecular complexity index is 2150. The Morgan fingerprint density at radius 1 is 0.480 bits per heavy atom. The number of amides is 2. The Morgan fingerprint density at radius 3 is 1.22 bits per heavy atom. The van der Waals surface area contributed by atoms with Crippen molar-refractivity contribution in [2.24, 2.45) is 0 Å². The summed E-state index contributed by atoms with van der Waals surface area (Å²) in [4.78, 5) is 36.8. The average molecular weight is 655 g/mol. The number of rotatable bonds is 10. The zero-order chi connectivity index (χ0) is 34.5. The summed E-state index contributed by atoms with van der Waals surface area (Å²) in [5, 5.41) is 7.82. The third-order valence-electron chi connectivity index (χ3n) is 9.17. The normalized spacial score (nSPS) is 11.1. The fourth-order valence-electron chi connectivity index (χ4n) is 6.17. The fraction of sp³-hybridized carbons (Fsp3) is 0.136. The van der Waals surface area contributed by atoms with Gasteiger partial charge in [-0.25, -0.2) is 9.97 Å². The molecule has 0 aliphatic rings. The highest BCUT2D eigenvalue weighted by Crippen LogP contribution is 2.27. The second kappa shape index (κ2) is 14.5. The molecule has 0 saturated carbocycles. The summed E-state index contributed by atoms with van der Waals surface area (Å²) in [7, 11) is 0. The molecule has 2 aromatic heterocycles. The molecule has 2 N–H and O–H groups in total. The van der Waals surface area contributed by atoms with Crippen molar-refractivity contribution in [3.8, 4) is 22.5 Å². The van der Waals surface area contributed by atoms with Gasteiger partial charge in [0.15, 0.2) is 0 Å². The van der Waals surface area contributed by atoms with Gasteiger partial charge in [-0.05, 0) is 59.4 Å². The van der Waals surface area contributed by atoms with Crippen molar-refractivity contribution in [3.63, 3.8) is 0 Å². The van der Waals surface area contributed by atoms with Crippen molar-refractivity contribution in [1.82, 2.24) is 20.6 Å². The Hall–Kier alpha value is -6.14. The highest BCUT2D eigenvalue weighted by Gasteiger charge is 2.16. The first-order valence-corrected chi connectivity index (χ1v) is 17.1. The second-order valence-corrected chi connectivity index (χ2v) is 12.4. The van der Waals surface area contributed by atoms with E-state index in [1.54, 1.807) is 0 Å². The van der Waals surface area contributed by atoms with Gasteiger partial charge in [0.05, 0.1) is 33.5 Å². The van der Waals surface area contributed by atoms with Gasteiger partial charge in [0.1, 0.15) is 0 Å². The molecular formula is C44H38N4O2. The molecule has 2 amide bonds. The summed E-state index contributed by atoms with van der Waals surface area (Å²) in [5.74, 6) is -0.312. The lowest BCUT2D eigenvalue weighted by molar-refractivity contribution is 0.0944. The summed E-state index contributed by atoms with van der Waals surface area (Å²) in [6.45, 7) is 5.00. The maximum Gasteiger partial charge on any atom is 0.252 e. The first-order chi connectivity index (χ1) is 24.5. The number of aromatic nitrogens is 2. The highest BCUT2D eigenvalue weighted by atomic mass is 16.2. The van der Waals surface area contributed by atoms with Crippen LogP contribution in [0.4, 0.5) is 0 Å². The Morgan fingerprint density at radius 2 is 0.840 bits per heavy atom. The van der Waals surface area contributed by atoms with Crippen LogP contribution in [-0.4, -0.2) is 21.8 Å². The number of aryl methyl sites for hydroxylation is 2. The van der Waals surface area contributed by atoms with Crippen LogP contribution < -0.4 is 10.6 Å². The van der Waals surface area contributed by atoms with Crippen molar-refractivity contribution in [2.45, 2.75) is 39.8 Å². The number of carbonyl (C=O) groups is 2. The molecule has 6 heteroatoms. The molecule has 0 radical (unpaired) electrons. The molecule has 0 unspecified atom stereocenters. The van der Waals surface area contributed by atoms with Crippen LogP contribution in [0, 0.1) is 0 Å². The average Bonchev–Trinajstić information content (AvgIpc) is 3.18. The van der Waals surface area contributed by atoms with E-state index in [-0.39, 0.29) is 11.8 Å². The number of pyridine rings is 2. The van der Waals surface area contributed by atoms with Gasteiger partial charge in [-0.2, -0.15) is 0 Å². The standard InChI is InChI=1S/C44H38N4O2/c1-3-29-17-21-33(22-18-29)41-25-37(35-9-5-7-11-39(35)47-41)43(49)45-27-31-13-15-32(16-14-31)28-46-44(50)38-26-42(34-23-19-30(4-2)20-24-34)48-40-12-8-6-10-36(38)40/h5-26H,3-4,27-28H2,1-2H3,(H,45,49)(H,46,50). The molecule has 50 heavy (non-hydrogen) atoms. The molecule has 246 valence electrons. The molecule has 7 aromatic rings. The molecule has 0 atom stereocenters. The van der Waals surface area contributed by atoms with Crippen LogP contribution >= 0.6 is 0 Å². The van der Waals surface area contributed by atoms with Crippen LogP contribution in [0.2, 0.25) is 0 Å². The van der Waals surface area contributed by atoms with Crippen LogP contribution in [0.15, 0.2) is 133 Å². The zero-order valence-electron chi connectivity index (χ0n) is 28.2. The molecule has 7 rings (SSSR count). The van der Waals surface area contributed by atoms with Crippen molar-refractivity contribution >= 4 is 33.6 Å². The van der Waals surface area contributed by atoms with Crippen molar-refractivity contribution < 1.29 is 9.59 Å².